The molecule has 2 amide bonds. The van der Waals surface area contributed by atoms with Crippen LogP contribution in [0.2, 0.25) is 0 Å². The lowest BCUT2D eigenvalue weighted by atomic mass is 10.1. The molecule has 0 aliphatic rings. The quantitative estimate of drug-likeness (QED) is 0.514. The molecule has 0 unspecified atom stereocenters. The van der Waals surface area contributed by atoms with E-state index in [1.54, 1.807) is 49.4 Å². The molecule has 162 valence electrons. The van der Waals surface area contributed by atoms with Crippen LogP contribution in [0.5, 0.6) is 11.5 Å². The molecule has 0 bridgehead atoms. The van der Waals surface area contributed by atoms with Crippen LogP contribution in [0.1, 0.15) is 27.6 Å². The van der Waals surface area contributed by atoms with Crippen molar-refractivity contribution < 1.29 is 28.9 Å². The zero-order valence-electron chi connectivity index (χ0n) is 17.4. The first-order valence-corrected chi connectivity index (χ1v) is 9.63. The number of carbonyl (C=O) groups excluding carboxylic acids is 2. The summed E-state index contributed by atoms with van der Waals surface area (Å²) in [5.74, 6) is 0.321. The Balaban J connectivity index is 1.92. The highest BCUT2D eigenvalue weighted by molar-refractivity contribution is 5.95. The van der Waals surface area contributed by atoms with Gasteiger partial charge in [0.25, 0.3) is 11.8 Å². The second kappa shape index (κ2) is 11.8. The molecule has 0 saturated carbocycles. The molecule has 0 fully saturated rings. The number of nitrogens with one attached hydrogen (secondary N) is 2. The van der Waals surface area contributed by atoms with Gasteiger partial charge in [0.2, 0.25) is 0 Å². The molecule has 0 heterocycles. The molecular formula is C22H28N2O6. The summed E-state index contributed by atoms with van der Waals surface area (Å²) in [4.78, 5) is 24.6. The van der Waals surface area contributed by atoms with Crippen molar-refractivity contribution in [1.29, 1.82) is 0 Å². The molecule has 2 aromatic carbocycles. The van der Waals surface area contributed by atoms with Gasteiger partial charge >= 0.3 is 0 Å². The molecule has 3 N–H and O–H groups in total. The maximum absolute atomic E-state index is 12.5. The molecule has 2 atom stereocenters. The summed E-state index contributed by atoms with van der Waals surface area (Å²) in [6.07, 6.45) is -1.68. The number of benzene rings is 2. The maximum atomic E-state index is 12.5. The topological polar surface area (TPSA) is 106 Å². The Kier molecular flexibility index (Phi) is 9.11. The SMILES string of the molecule is CCO[C@H](CNC(=O)c1ccc(OC)c(OC)c1)[C@@H](O)CNC(=O)c1ccccc1. The van der Waals surface area contributed by atoms with Gasteiger partial charge < -0.3 is 30.0 Å². The predicted octanol–water partition coefficient (Wildman–Crippen LogP) is 1.63. The van der Waals surface area contributed by atoms with Crippen LogP contribution in [-0.4, -0.2) is 63.0 Å². The van der Waals surface area contributed by atoms with E-state index in [1.807, 2.05) is 6.07 Å². The van der Waals surface area contributed by atoms with Crippen molar-refractivity contribution in [3.8, 4) is 11.5 Å². The highest BCUT2D eigenvalue weighted by Gasteiger charge is 2.22. The second-order valence-corrected chi connectivity index (χ2v) is 6.42. The number of rotatable bonds is 11. The number of aliphatic hydroxyl groups is 1. The molecule has 0 aliphatic heterocycles. The Morgan fingerprint density at radius 3 is 2.17 bits per heavy atom. The number of methoxy groups -OCH3 is 2. The van der Waals surface area contributed by atoms with Crippen LogP contribution in [0.3, 0.4) is 0 Å². The van der Waals surface area contributed by atoms with E-state index in [0.29, 0.717) is 29.2 Å². The first-order chi connectivity index (χ1) is 14.5. The molecule has 30 heavy (non-hydrogen) atoms. The van der Waals surface area contributed by atoms with Crippen molar-refractivity contribution in [2.45, 2.75) is 19.1 Å². The summed E-state index contributed by atoms with van der Waals surface area (Å²) in [6, 6.07) is 13.5. The molecular weight excluding hydrogens is 388 g/mol. The van der Waals surface area contributed by atoms with Crippen molar-refractivity contribution in [2.75, 3.05) is 33.9 Å². The number of aliphatic hydroxyl groups excluding tert-OH is 1. The van der Waals surface area contributed by atoms with Crippen molar-refractivity contribution >= 4 is 11.8 Å². The van der Waals surface area contributed by atoms with Gasteiger partial charge in [-0.3, -0.25) is 9.59 Å². The van der Waals surface area contributed by atoms with Crippen LogP contribution < -0.4 is 20.1 Å². The van der Waals surface area contributed by atoms with Gasteiger partial charge in [0, 0.05) is 30.8 Å². The lowest BCUT2D eigenvalue weighted by molar-refractivity contribution is -0.0287. The smallest absolute Gasteiger partial charge is 0.251 e. The first kappa shape index (κ1) is 23.2. The Bertz CT molecular complexity index is 828. The maximum Gasteiger partial charge on any atom is 0.251 e. The van der Waals surface area contributed by atoms with Crippen LogP contribution in [0.4, 0.5) is 0 Å². The van der Waals surface area contributed by atoms with E-state index >= 15 is 0 Å². The molecule has 0 spiro atoms. The third kappa shape index (κ3) is 6.47. The summed E-state index contributed by atoms with van der Waals surface area (Å²) >= 11 is 0. The van der Waals surface area contributed by atoms with Gasteiger partial charge in [-0.25, -0.2) is 0 Å². The van der Waals surface area contributed by atoms with Gasteiger partial charge in [-0.1, -0.05) is 18.2 Å². The Morgan fingerprint density at radius 2 is 1.53 bits per heavy atom. The second-order valence-electron chi connectivity index (χ2n) is 6.42. The number of ether oxygens (including phenoxy) is 3. The summed E-state index contributed by atoms with van der Waals surface area (Å²) in [5, 5.41) is 15.9. The van der Waals surface area contributed by atoms with Crippen LogP contribution in [-0.2, 0) is 4.74 Å². The number of amides is 2. The van der Waals surface area contributed by atoms with E-state index in [4.69, 9.17) is 14.2 Å². The van der Waals surface area contributed by atoms with Gasteiger partial charge in [-0.2, -0.15) is 0 Å². The van der Waals surface area contributed by atoms with E-state index in [0.717, 1.165) is 0 Å². The molecule has 8 heteroatoms. The third-order valence-corrected chi connectivity index (χ3v) is 4.43. The zero-order chi connectivity index (χ0) is 21.9. The molecule has 0 radical (unpaired) electrons. The fourth-order valence-electron chi connectivity index (χ4n) is 2.81. The van der Waals surface area contributed by atoms with Crippen molar-refractivity contribution in [3.05, 3.63) is 59.7 Å². The highest BCUT2D eigenvalue weighted by atomic mass is 16.5. The van der Waals surface area contributed by atoms with Crippen molar-refractivity contribution in [1.82, 2.24) is 10.6 Å². The average Bonchev–Trinajstić information content (AvgIpc) is 2.79. The van der Waals surface area contributed by atoms with Crippen LogP contribution in [0.15, 0.2) is 48.5 Å². The molecule has 0 aromatic heterocycles. The van der Waals surface area contributed by atoms with E-state index in [-0.39, 0.29) is 24.9 Å². The molecule has 8 nitrogen and oxygen atoms in total. The Labute approximate surface area is 176 Å². The molecule has 2 aromatic rings. The summed E-state index contributed by atoms with van der Waals surface area (Å²) in [5.41, 5.74) is 0.884. The van der Waals surface area contributed by atoms with Gasteiger partial charge in [0.15, 0.2) is 11.5 Å². The fourth-order valence-corrected chi connectivity index (χ4v) is 2.81. The minimum Gasteiger partial charge on any atom is -0.493 e. The van der Waals surface area contributed by atoms with Gasteiger partial charge in [0.1, 0.15) is 6.10 Å². The van der Waals surface area contributed by atoms with Gasteiger partial charge in [0.05, 0.1) is 20.3 Å². The normalized spacial score (nSPS) is 12.5. The standard InChI is InChI=1S/C22H28N2O6/c1-4-30-20(17(25)13-23-21(26)15-8-6-5-7-9-15)14-24-22(27)16-10-11-18(28-2)19(12-16)29-3/h5-12,17,20,25H,4,13-14H2,1-3H3,(H,23,26)(H,24,27)/t17-,20+/m0/s1. The van der Waals surface area contributed by atoms with E-state index < -0.39 is 12.2 Å². The first-order valence-electron chi connectivity index (χ1n) is 9.63. The molecule has 2 rings (SSSR count). The largest absolute Gasteiger partial charge is 0.493 e. The van der Waals surface area contributed by atoms with Crippen molar-refractivity contribution in [3.63, 3.8) is 0 Å². The fraction of sp³-hybridized carbons (Fsp3) is 0.364. The predicted molar refractivity (Wildman–Crippen MR) is 112 cm³/mol. The third-order valence-electron chi connectivity index (χ3n) is 4.43. The Morgan fingerprint density at radius 1 is 0.900 bits per heavy atom. The van der Waals surface area contributed by atoms with Crippen LogP contribution in [0.25, 0.3) is 0 Å². The minimum absolute atomic E-state index is 0.00930. The van der Waals surface area contributed by atoms with E-state index in [9.17, 15) is 14.7 Å². The van der Waals surface area contributed by atoms with Crippen molar-refractivity contribution in [2.24, 2.45) is 0 Å². The van der Waals surface area contributed by atoms with Gasteiger partial charge in [-0.05, 0) is 37.3 Å². The lowest BCUT2D eigenvalue weighted by Gasteiger charge is -2.23. The van der Waals surface area contributed by atoms with E-state index in [2.05, 4.69) is 10.6 Å². The summed E-state index contributed by atoms with van der Waals surface area (Å²) < 4.78 is 15.9. The summed E-state index contributed by atoms with van der Waals surface area (Å²) in [6.45, 7) is 2.20. The summed E-state index contributed by atoms with van der Waals surface area (Å²) in [7, 11) is 3.01. The average molecular weight is 416 g/mol. The van der Waals surface area contributed by atoms with Crippen LogP contribution in [0, 0.1) is 0 Å². The lowest BCUT2D eigenvalue weighted by Crippen LogP contribution is -2.46. The molecule has 0 saturated heterocycles. The highest BCUT2D eigenvalue weighted by Crippen LogP contribution is 2.27. The van der Waals surface area contributed by atoms with E-state index in [1.165, 1.54) is 14.2 Å². The number of carbonyl (C=O) groups is 2. The monoisotopic (exact) mass is 416 g/mol. The number of hydrogen-bond donors (Lipinski definition) is 3. The Hall–Kier alpha value is -3.10. The van der Waals surface area contributed by atoms with Crippen LogP contribution >= 0.6 is 0 Å². The van der Waals surface area contributed by atoms with Gasteiger partial charge in [-0.15, -0.1) is 0 Å². The number of hydrogen-bond acceptors (Lipinski definition) is 6. The zero-order valence-corrected chi connectivity index (χ0v) is 17.4. The molecule has 0 aliphatic carbocycles. The minimum atomic E-state index is -0.997.